The number of carbonyl (C=O) groups is 2. The lowest BCUT2D eigenvalue weighted by molar-refractivity contribution is 0.0915. The fourth-order valence-corrected chi connectivity index (χ4v) is 4.50. The van der Waals surface area contributed by atoms with Crippen LogP contribution in [0.15, 0.2) is 53.4 Å². The molecule has 2 atom stereocenters. The first-order valence-electron chi connectivity index (χ1n) is 11.3. The number of cyclic esters (lactones) is 1. The molecule has 0 aliphatic carbocycles. The Morgan fingerprint density at radius 2 is 2.09 bits per heavy atom. The highest BCUT2D eigenvalue weighted by Gasteiger charge is 2.39. The van der Waals surface area contributed by atoms with Gasteiger partial charge in [0.05, 0.1) is 30.5 Å². The highest BCUT2D eigenvalue weighted by atomic mass is 35.5. The quantitative estimate of drug-likeness (QED) is 0.519. The molecular formula is C25H24ClN3O6. The largest absolute Gasteiger partial charge is 0.496 e. The number of hydrogen-bond donors (Lipinski definition) is 1. The number of amides is 2. The maximum atomic E-state index is 13.1. The predicted molar refractivity (Wildman–Crippen MR) is 127 cm³/mol. The highest BCUT2D eigenvalue weighted by molar-refractivity contribution is 6.30. The molecule has 0 radical (unpaired) electrons. The van der Waals surface area contributed by atoms with E-state index in [1.807, 2.05) is 12.1 Å². The van der Waals surface area contributed by atoms with Crippen LogP contribution in [0.2, 0.25) is 5.02 Å². The number of benzene rings is 2. The lowest BCUT2D eigenvalue weighted by Gasteiger charge is -2.33. The van der Waals surface area contributed by atoms with E-state index in [-0.39, 0.29) is 24.1 Å². The van der Waals surface area contributed by atoms with Gasteiger partial charge in [-0.2, -0.15) is 0 Å². The van der Waals surface area contributed by atoms with Crippen molar-refractivity contribution in [2.45, 2.75) is 31.5 Å². The van der Waals surface area contributed by atoms with Crippen LogP contribution in [0.4, 0.5) is 4.79 Å². The Morgan fingerprint density at radius 3 is 2.83 bits per heavy atom. The average Bonchev–Trinajstić information content (AvgIpc) is 3.53. The average molecular weight is 498 g/mol. The Morgan fingerprint density at radius 1 is 1.26 bits per heavy atom. The summed E-state index contributed by atoms with van der Waals surface area (Å²) < 4.78 is 22.6. The van der Waals surface area contributed by atoms with Gasteiger partial charge in [0.15, 0.2) is 12.2 Å². The number of hydrogen-bond acceptors (Lipinski definition) is 7. The molecule has 2 saturated heterocycles. The molecule has 3 aromatic rings. The molecule has 1 aromatic heterocycles. The molecule has 0 spiro atoms. The van der Waals surface area contributed by atoms with Crippen molar-refractivity contribution < 1.29 is 28.2 Å². The van der Waals surface area contributed by atoms with Crippen molar-refractivity contribution in [1.29, 1.82) is 0 Å². The number of carbonyl (C=O) groups excluding carboxylic acids is 2. The molecule has 0 bridgehead atoms. The summed E-state index contributed by atoms with van der Waals surface area (Å²) >= 11 is 5.95. The van der Waals surface area contributed by atoms with Crippen molar-refractivity contribution in [3.8, 4) is 22.8 Å². The van der Waals surface area contributed by atoms with Crippen LogP contribution in [0, 0.1) is 0 Å². The van der Waals surface area contributed by atoms with Gasteiger partial charge in [-0.1, -0.05) is 23.7 Å². The van der Waals surface area contributed by atoms with Crippen molar-refractivity contribution in [2.24, 2.45) is 0 Å². The van der Waals surface area contributed by atoms with E-state index in [0.717, 1.165) is 5.56 Å². The fourth-order valence-electron chi connectivity index (χ4n) is 4.37. The third-order valence-electron chi connectivity index (χ3n) is 6.21. The van der Waals surface area contributed by atoms with Crippen molar-refractivity contribution in [3.63, 3.8) is 0 Å². The molecular weight excluding hydrogens is 474 g/mol. The minimum atomic E-state index is -0.310. The summed E-state index contributed by atoms with van der Waals surface area (Å²) in [6.07, 6.45) is 3.74. The molecule has 2 aliphatic rings. The Hall–Kier alpha value is -3.72. The van der Waals surface area contributed by atoms with Gasteiger partial charge in [-0.15, -0.1) is 0 Å². The minimum absolute atomic E-state index is 0.0182. The van der Waals surface area contributed by atoms with Gasteiger partial charge in [-0.05, 0) is 29.8 Å². The maximum Gasteiger partial charge on any atom is 0.410 e. The number of rotatable bonds is 7. The van der Waals surface area contributed by atoms with Gasteiger partial charge < -0.3 is 28.8 Å². The number of fused-ring (bicyclic) bond motifs is 1. The van der Waals surface area contributed by atoms with Crippen LogP contribution in [0.25, 0.3) is 11.3 Å². The van der Waals surface area contributed by atoms with E-state index in [9.17, 15) is 9.59 Å². The van der Waals surface area contributed by atoms with Crippen molar-refractivity contribution >= 4 is 23.6 Å². The topological polar surface area (TPSA) is 103 Å². The molecule has 2 aliphatic heterocycles. The van der Waals surface area contributed by atoms with E-state index >= 15 is 0 Å². The zero-order valence-corrected chi connectivity index (χ0v) is 19.8. The lowest BCUT2D eigenvalue weighted by atomic mass is 10.0. The number of ether oxygens (including phenoxy) is 3. The van der Waals surface area contributed by atoms with Gasteiger partial charge >= 0.3 is 6.09 Å². The number of halogens is 1. The van der Waals surface area contributed by atoms with E-state index in [2.05, 4.69) is 10.3 Å². The molecule has 2 fully saturated rings. The van der Waals surface area contributed by atoms with Crippen LogP contribution in [0.1, 0.15) is 28.8 Å². The van der Waals surface area contributed by atoms with E-state index < -0.39 is 0 Å². The standard InChI is InChI=1S/C25H24ClN3O6/c1-32-21-9-19(23-12-27-14-34-23)22(35-18-6-7-29-17(8-18)13-33-25(29)31)10-20(21)24(30)28-11-15-2-4-16(26)5-3-15/h2-5,9-10,12,14,17-18H,6-8,11,13H2,1H3,(H,28,30)/t17-,18-/m0/s1. The van der Waals surface area contributed by atoms with E-state index in [4.69, 9.17) is 30.2 Å². The second kappa shape index (κ2) is 9.87. The summed E-state index contributed by atoms with van der Waals surface area (Å²) in [6.45, 7) is 1.23. The lowest BCUT2D eigenvalue weighted by Crippen LogP contribution is -2.44. The summed E-state index contributed by atoms with van der Waals surface area (Å²) in [5.41, 5.74) is 1.86. The SMILES string of the molecule is COc1cc(-c2cnco2)c(O[C@H]2CCN3C(=O)OC[C@@H]3C2)cc1C(=O)NCc1ccc(Cl)cc1. The zero-order chi connectivity index (χ0) is 24.4. The van der Waals surface area contributed by atoms with E-state index in [1.165, 1.54) is 13.5 Å². The summed E-state index contributed by atoms with van der Waals surface area (Å²) in [6, 6.07) is 10.6. The molecule has 182 valence electrons. The Kier molecular flexibility index (Phi) is 6.50. The first-order chi connectivity index (χ1) is 17.0. The molecule has 2 aromatic carbocycles. The van der Waals surface area contributed by atoms with Crippen molar-refractivity contribution in [1.82, 2.24) is 15.2 Å². The number of nitrogens with zero attached hydrogens (tertiary/aromatic N) is 2. The van der Waals surface area contributed by atoms with Gasteiger partial charge in [0, 0.05) is 31.0 Å². The normalized spacial score (nSPS) is 19.1. The fraction of sp³-hybridized carbons (Fsp3) is 0.320. The molecule has 0 saturated carbocycles. The van der Waals surface area contributed by atoms with Crippen LogP contribution >= 0.6 is 11.6 Å². The Labute approximate surface area is 206 Å². The molecule has 9 nitrogen and oxygen atoms in total. The van der Waals surface area contributed by atoms with Crippen LogP contribution in [0.3, 0.4) is 0 Å². The molecule has 35 heavy (non-hydrogen) atoms. The van der Waals surface area contributed by atoms with Gasteiger partial charge in [-0.3, -0.25) is 4.79 Å². The number of piperidine rings is 1. The van der Waals surface area contributed by atoms with Gasteiger partial charge in [0.1, 0.15) is 24.2 Å². The van der Waals surface area contributed by atoms with Crippen LogP contribution in [-0.2, 0) is 11.3 Å². The second-order valence-electron chi connectivity index (χ2n) is 8.41. The Balaban J connectivity index is 1.40. The molecule has 1 N–H and O–H groups in total. The van der Waals surface area contributed by atoms with E-state index in [1.54, 1.807) is 35.4 Å². The maximum absolute atomic E-state index is 13.1. The molecule has 10 heteroatoms. The van der Waals surface area contributed by atoms with Gasteiger partial charge in [-0.25, -0.2) is 9.78 Å². The summed E-state index contributed by atoms with van der Waals surface area (Å²) in [5, 5.41) is 3.55. The number of methoxy groups -OCH3 is 1. The number of aromatic nitrogens is 1. The summed E-state index contributed by atoms with van der Waals surface area (Å²) in [4.78, 5) is 30.7. The minimum Gasteiger partial charge on any atom is -0.496 e. The third kappa shape index (κ3) is 4.90. The van der Waals surface area contributed by atoms with Crippen molar-refractivity contribution in [2.75, 3.05) is 20.3 Å². The first-order valence-corrected chi connectivity index (χ1v) is 11.6. The van der Waals surface area contributed by atoms with Gasteiger partial charge in [0.2, 0.25) is 0 Å². The first kappa shape index (κ1) is 23.0. The van der Waals surface area contributed by atoms with Gasteiger partial charge in [0.25, 0.3) is 5.91 Å². The zero-order valence-electron chi connectivity index (χ0n) is 19.0. The predicted octanol–water partition coefficient (Wildman–Crippen LogP) is 4.30. The second-order valence-corrected chi connectivity index (χ2v) is 8.85. The number of nitrogens with one attached hydrogen (secondary N) is 1. The molecule has 3 heterocycles. The monoisotopic (exact) mass is 497 g/mol. The van der Waals surface area contributed by atoms with E-state index in [0.29, 0.717) is 65.9 Å². The molecule has 5 rings (SSSR count). The smallest absolute Gasteiger partial charge is 0.410 e. The summed E-state index contributed by atoms with van der Waals surface area (Å²) in [7, 11) is 1.50. The molecule has 2 amide bonds. The summed E-state index contributed by atoms with van der Waals surface area (Å²) in [5.74, 6) is 1.03. The van der Waals surface area contributed by atoms with Crippen molar-refractivity contribution in [3.05, 3.63) is 65.1 Å². The third-order valence-corrected chi connectivity index (χ3v) is 6.46. The van der Waals surface area contributed by atoms with Crippen LogP contribution in [0.5, 0.6) is 11.5 Å². The van der Waals surface area contributed by atoms with Crippen LogP contribution < -0.4 is 14.8 Å². The highest BCUT2D eigenvalue weighted by Crippen LogP contribution is 2.38. The Bertz CT molecular complexity index is 1210. The van der Waals surface area contributed by atoms with Crippen LogP contribution in [-0.4, -0.2) is 54.3 Å². The number of oxazole rings is 1. The molecule has 0 unspecified atom stereocenters.